The maximum absolute atomic E-state index is 7.54. The van der Waals surface area contributed by atoms with Crippen LogP contribution in [0.1, 0.15) is 22.3 Å². The second kappa shape index (κ2) is 17.9. The average molecular weight is 1080 g/mol. The van der Waals surface area contributed by atoms with Crippen molar-refractivity contribution in [2.24, 2.45) is 0 Å². The molecular formula is C71H70N2OSi4. The van der Waals surface area contributed by atoms with E-state index < -0.39 is 37.7 Å². The molecule has 0 amide bonds. The Kier molecular flexibility index (Phi) is 11.5. The third-order valence-electron chi connectivity index (χ3n) is 17.1. The molecule has 13 rings (SSSR count). The minimum absolute atomic E-state index is 0.715. The van der Waals surface area contributed by atoms with Crippen molar-refractivity contribution < 1.29 is 4.42 Å². The summed E-state index contributed by atoms with van der Waals surface area (Å²) in [6.07, 6.45) is 0. The molecule has 11 aromatic rings. The molecule has 0 unspecified atom stereocenters. The van der Waals surface area contributed by atoms with Gasteiger partial charge in [0, 0.05) is 39.1 Å². The predicted octanol–water partition coefficient (Wildman–Crippen LogP) is 18.2. The van der Waals surface area contributed by atoms with Crippen molar-refractivity contribution in [2.75, 3.05) is 9.80 Å². The standard InChI is InChI=1S/C71H70N2OSi4/c1-75(2,3)51-36-28-47(29-37-51)72(48-30-38-52(39-31-48)76(4,5)6)64-45-44-59-67-57(64)23-19-26-62(67)71(60-24-16-13-20-55(60)56-21-14-17-25-61(56)71)63-46-65(69-58-22-15-18-27-66(58)74-70(69)68(59)63)73(49-32-40-53(41-33-49)77(7,8)9)50-34-42-54(43-35-50)78(10,11)12/h13-46H,1-12H3. The Bertz CT molecular complexity index is 4010. The van der Waals surface area contributed by atoms with E-state index in [2.05, 4.69) is 295 Å². The minimum atomic E-state index is -1.61. The number of furan rings is 1. The van der Waals surface area contributed by atoms with Gasteiger partial charge in [0.2, 0.25) is 0 Å². The van der Waals surface area contributed by atoms with Crippen molar-refractivity contribution in [3.63, 3.8) is 0 Å². The average Bonchev–Trinajstić information content (AvgIpc) is 3.69. The summed E-state index contributed by atoms with van der Waals surface area (Å²) in [5.41, 5.74) is 17.9. The summed E-state index contributed by atoms with van der Waals surface area (Å²) < 4.78 is 7.54. The van der Waals surface area contributed by atoms with E-state index in [4.69, 9.17) is 4.42 Å². The van der Waals surface area contributed by atoms with Gasteiger partial charge in [0.05, 0.1) is 54.5 Å². The van der Waals surface area contributed by atoms with E-state index in [9.17, 15) is 0 Å². The Morgan fingerprint density at radius 1 is 0.321 bits per heavy atom. The normalized spacial score (nSPS) is 13.7. The minimum Gasteiger partial charge on any atom is -0.455 e. The summed E-state index contributed by atoms with van der Waals surface area (Å²) in [6.45, 7) is 29.2. The van der Waals surface area contributed by atoms with Gasteiger partial charge in [0.15, 0.2) is 0 Å². The van der Waals surface area contributed by atoms with Crippen LogP contribution in [-0.2, 0) is 5.41 Å². The molecule has 1 aromatic heterocycles. The molecule has 3 nitrogen and oxygen atoms in total. The molecule has 2 aliphatic rings. The van der Waals surface area contributed by atoms with Crippen molar-refractivity contribution in [2.45, 2.75) is 84.0 Å². The topological polar surface area (TPSA) is 19.6 Å². The zero-order chi connectivity index (χ0) is 54.3. The summed E-state index contributed by atoms with van der Waals surface area (Å²) in [5.74, 6) is 0. The van der Waals surface area contributed by atoms with Gasteiger partial charge >= 0.3 is 0 Å². The molecule has 0 saturated heterocycles. The van der Waals surface area contributed by atoms with Gasteiger partial charge in [-0.2, -0.15) is 0 Å². The van der Waals surface area contributed by atoms with E-state index in [1.165, 1.54) is 70.5 Å². The van der Waals surface area contributed by atoms with E-state index in [0.717, 1.165) is 61.6 Å². The molecule has 1 spiro atoms. The largest absolute Gasteiger partial charge is 0.455 e. The monoisotopic (exact) mass is 1080 g/mol. The SMILES string of the molecule is C[Si](C)(C)c1ccc(N(c2ccc([Si](C)(C)C)cc2)c2ccc3c4c(cccc24)C2(c4ccccc4-c4ccccc42)c2cc(N(c4ccc([Si](C)(C)C)cc4)c4ccc([Si](C)(C)C)cc4)c4c(oc5ccccc54)c2-3)cc1. The first kappa shape index (κ1) is 50.2. The first-order valence-electron chi connectivity index (χ1n) is 28.0. The summed E-state index contributed by atoms with van der Waals surface area (Å²) in [7, 11) is -6.36. The molecule has 1 heterocycles. The number of hydrogen-bond donors (Lipinski definition) is 0. The van der Waals surface area contributed by atoms with Gasteiger partial charge in [-0.25, -0.2) is 0 Å². The van der Waals surface area contributed by atoms with Crippen LogP contribution in [0.2, 0.25) is 78.6 Å². The highest BCUT2D eigenvalue weighted by Gasteiger charge is 2.51. The molecule has 0 saturated carbocycles. The lowest BCUT2D eigenvalue weighted by Crippen LogP contribution is -2.37. The Labute approximate surface area is 465 Å². The van der Waals surface area contributed by atoms with Crippen LogP contribution in [-0.4, -0.2) is 32.3 Å². The highest BCUT2D eigenvalue weighted by atomic mass is 28.3. The number of nitrogens with zero attached hydrogens (tertiary/aromatic N) is 2. The van der Waals surface area contributed by atoms with Gasteiger partial charge in [0.1, 0.15) is 11.2 Å². The van der Waals surface area contributed by atoms with Crippen LogP contribution >= 0.6 is 0 Å². The number of hydrogen-bond acceptors (Lipinski definition) is 3. The summed E-state index contributed by atoms with van der Waals surface area (Å²) >= 11 is 0. The fourth-order valence-electron chi connectivity index (χ4n) is 13.0. The van der Waals surface area contributed by atoms with Gasteiger partial charge in [-0.15, -0.1) is 0 Å². The first-order valence-corrected chi connectivity index (χ1v) is 42.0. The highest BCUT2D eigenvalue weighted by molar-refractivity contribution is 6.90. The highest BCUT2D eigenvalue weighted by Crippen LogP contribution is 2.65. The molecule has 0 bridgehead atoms. The van der Waals surface area contributed by atoms with E-state index in [-0.39, 0.29) is 0 Å². The molecule has 0 N–H and O–H groups in total. The fraction of sp³-hybridized carbons (Fsp3) is 0.183. The quantitative estimate of drug-likeness (QED) is 0.127. The van der Waals surface area contributed by atoms with Crippen molar-refractivity contribution in [1.29, 1.82) is 0 Å². The van der Waals surface area contributed by atoms with E-state index >= 15 is 0 Å². The number of benzene rings is 10. The second-order valence-corrected chi connectivity index (χ2v) is 46.5. The molecule has 10 aromatic carbocycles. The number of rotatable bonds is 10. The molecule has 0 aliphatic heterocycles. The molecule has 0 fully saturated rings. The molecular weight excluding hydrogens is 1010 g/mol. The third kappa shape index (κ3) is 7.82. The Morgan fingerprint density at radius 2 is 0.718 bits per heavy atom. The number of fused-ring (bicyclic) bond motifs is 13. The van der Waals surface area contributed by atoms with Gasteiger partial charge in [0.25, 0.3) is 0 Å². The van der Waals surface area contributed by atoms with Crippen LogP contribution in [0.4, 0.5) is 34.1 Å². The van der Waals surface area contributed by atoms with Crippen LogP contribution in [0.15, 0.2) is 211 Å². The van der Waals surface area contributed by atoms with Crippen molar-refractivity contribution in [1.82, 2.24) is 0 Å². The van der Waals surface area contributed by atoms with E-state index in [1.807, 2.05) is 0 Å². The zero-order valence-electron chi connectivity index (χ0n) is 47.4. The number of anilines is 6. The lowest BCUT2D eigenvalue weighted by molar-refractivity contribution is 0.667. The molecule has 78 heavy (non-hydrogen) atoms. The molecule has 386 valence electrons. The summed E-state index contributed by atoms with van der Waals surface area (Å²) in [5, 5.41) is 10.5. The maximum Gasteiger partial charge on any atom is 0.145 e. The van der Waals surface area contributed by atoms with Crippen LogP contribution in [0, 0.1) is 0 Å². The van der Waals surface area contributed by atoms with Crippen molar-refractivity contribution in [3.8, 4) is 22.3 Å². The summed E-state index contributed by atoms with van der Waals surface area (Å²) in [6, 6.07) is 79.7. The Hall–Kier alpha value is -7.27. The molecule has 7 heteroatoms. The van der Waals surface area contributed by atoms with Crippen molar-refractivity contribution in [3.05, 3.63) is 229 Å². The second-order valence-electron chi connectivity index (χ2n) is 26.2. The van der Waals surface area contributed by atoms with E-state index in [0.29, 0.717) is 0 Å². The maximum atomic E-state index is 7.54. The van der Waals surface area contributed by atoms with Gasteiger partial charge in [-0.3, -0.25) is 0 Å². The third-order valence-corrected chi connectivity index (χ3v) is 25.4. The zero-order valence-corrected chi connectivity index (χ0v) is 51.4. The molecule has 2 aliphatic carbocycles. The lowest BCUT2D eigenvalue weighted by Gasteiger charge is -2.41. The fourth-order valence-corrected chi connectivity index (χ4v) is 17.6. The van der Waals surface area contributed by atoms with Gasteiger partial charge < -0.3 is 14.2 Å². The van der Waals surface area contributed by atoms with E-state index in [1.54, 1.807) is 0 Å². The van der Waals surface area contributed by atoms with Crippen molar-refractivity contribution >= 4 is 120 Å². The number of para-hydroxylation sites is 1. The van der Waals surface area contributed by atoms with Gasteiger partial charge in [-0.05, 0) is 111 Å². The van der Waals surface area contributed by atoms with Crippen LogP contribution in [0.5, 0.6) is 0 Å². The Balaban J connectivity index is 1.17. The predicted molar refractivity (Wildman–Crippen MR) is 349 cm³/mol. The van der Waals surface area contributed by atoms with Crippen LogP contribution in [0.3, 0.4) is 0 Å². The lowest BCUT2D eigenvalue weighted by atomic mass is 9.61. The first-order chi connectivity index (χ1) is 37.2. The molecule has 0 atom stereocenters. The summed E-state index contributed by atoms with van der Waals surface area (Å²) in [4.78, 5) is 5.05. The Morgan fingerprint density at radius 3 is 1.18 bits per heavy atom. The molecule has 0 radical (unpaired) electrons. The van der Waals surface area contributed by atoms with Gasteiger partial charge in [-0.1, -0.05) is 239 Å². The van der Waals surface area contributed by atoms with Crippen LogP contribution < -0.4 is 30.5 Å². The van der Waals surface area contributed by atoms with Crippen LogP contribution in [0.25, 0.3) is 55.0 Å². The smallest absolute Gasteiger partial charge is 0.145 e.